The zero-order valence-corrected chi connectivity index (χ0v) is 13.1. The topological polar surface area (TPSA) is 38.8 Å². The number of hydrogen-bond acceptors (Lipinski definition) is 3. The van der Waals surface area contributed by atoms with Crippen molar-refractivity contribution in [3.8, 4) is 11.5 Å². The first kappa shape index (κ1) is 16.3. The first-order valence-electron chi connectivity index (χ1n) is 6.99. The highest BCUT2D eigenvalue weighted by Crippen LogP contribution is 2.27. The molecule has 0 saturated heterocycles. The summed E-state index contributed by atoms with van der Waals surface area (Å²) in [6.07, 6.45) is 1.68. The van der Waals surface area contributed by atoms with Gasteiger partial charge in [-0.05, 0) is 30.5 Å². The summed E-state index contributed by atoms with van der Waals surface area (Å²) in [5, 5.41) is 0. The summed E-state index contributed by atoms with van der Waals surface area (Å²) >= 11 is 0. The quantitative estimate of drug-likeness (QED) is 0.770. The number of carbonyl (C=O) groups is 1. The maximum absolute atomic E-state index is 12.0. The summed E-state index contributed by atoms with van der Waals surface area (Å²) in [7, 11) is 5.10. The van der Waals surface area contributed by atoms with E-state index in [9.17, 15) is 4.79 Å². The summed E-state index contributed by atoms with van der Waals surface area (Å²) in [5.41, 5.74) is 1.13. The predicted molar refractivity (Wildman–Crippen MR) is 80.3 cm³/mol. The lowest BCUT2D eigenvalue weighted by Crippen LogP contribution is -2.33. The lowest BCUT2D eigenvalue weighted by molar-refractivity contribution is -0.133. The summed E-state index contributed by atoms with van der Waals surface area (Å²) in [4.78, 5) is 13.8. The molecule has 1 amide bonds. The van der Waals surface area contributed by atoms with Crippen LogP contribution in [0.1, 0.15) is 25.8 Å². The van der Waals surface area contributed by atoms with Gasteiger partial charge in [-0.25, -0.2) is 0 Å². The Labute approximate surface area is 121 Å². The maximum Gasteiger partial charge on any atom is 0.225 e. The lowest BCUT2D eigenvalue weighted by atomic mass is 10.1. The van der Waals surface area contributed by atoms with E-state index in [1.807, 2.05) is 39.1 Å². The van der Waals surface area contributed by atoms with Crippen LogP contribution in [0.2, 0.25) is 0 Å². The number of likely N-dealkylation sites (N-methyl/N-ethyl adjacent to an activating group) is 1. The second-order valence-corrected chi connectivity index (χ2v) is 5.01. The molecule has 1 aromatic carbocycles. The van der Waals surface area contributed by atoms with E-state index >= 15 is 0 Å². The second kappa shape index (κ2) is 7.78. The third kappa shape index (κ3) is 4.15. The van der Waals surface area contributed by atoms with Gasteiger partial charge in [-0.2, -0.15) is 0 Å². The van der Waals surface area contributed by atoms with Crippen LogP contribution in [0.3, 0.4) is 0 Å². The van der Waals surface area contributed by atoms with E-state index in [0.29, 0.717) is 6.54 Å². The van der Waals surface area contributed by atoms with E-state index in [1.54, 1.807) is 19.1 Å². The minimum atomic E-state index is 0.0883. The van der Waals surface area contributed by atoms with Crippen molar-refractivity contribution in [1.82, 2.24) is 4.90 Å². The molecule has 1 aromatic rings. The summed E-state index contributed by atoms with van der Waals surface area (Å²) in [6.45, 7) is 4.71. The van der Waals surface area contributed by atoms with Crippen molar-refractivity contribution in [2.45, 2.75) is 26.7 Å². The minimum Gasteiger partial charge on any atom is -0.493 e. The third-order valence-corrected chi connectivity index (χ3v) is 3.59. The third-order valence-electron chi connectivity index (χ3n) is 3.59. The Morgan fingerprint density at radius 2 is 1.90 bits per heavy atom. The van der Waals surface area contributed by atoms with Gasteiger partial charge >= 0.3 is 0 Å². The molecule has 4 nitrogen and oxygen atoms in total. The van der Waals surface area contributed by atoms with Gasteiger partial charge in [0.05, 0.1) is 14.2 Å². The van der Waals surface area contributed by atoms with Gasteiger partial charge in [-0.1, -0.05) is 19.9 Å². The Hall–Kier alpha value is -1.71. The molecule has 20 heavy (non-hydrogen) atoms. The molecule has 0 bridgehead atoms. The van der Waals surface area contributed by atoms with Crippen LogP contribution in [0.5, 0.6) is 11.5 Å². The van der Waals surface area contributed by atoms with Crippen LogP contribution in [0, 0.1) is 5.92 Å². The average molecular weight is 279 g/mol. The molecule has 112 valence electrons. The van der Waals surface area contributed by atoms with Crippen LogP contribution >= 0.6 is 0 Å². The number of hydrogen-bond donors (Lipinski definition) is 0. The lowest BCUT2D eigenvalue weighted by Gasteiger charge is -2.20. The van der Waals surface area contributed by atoms with Crippen LogP contribution < -0.4 is 9.47 Å². The number of carbonyl (C=O) groups excluding carboxylic acids is 1. The van der Waals surface area contributed by atoms with Crippen LogP contribution in [-0.2, 0) is 11.2 Å². The molecule has 0 aromatic heterocycles. The first-order valence-corrected chi connectivity index (χ1v) is 6.99. The Balaban J connectivity index is 2.64. The molecule has 0 fully saturated rings. The molecule has 0 heterocycles. The summed E-state index contributed by atoms with van der Waals surface area (Å²) < 4.78 is 10.5. The van der Waals surface area contributed by atoms with Crippen molar-refractivity contribution < 1.29 is 14.3 Å². The molecule has 1 rings (SSSR count). The fourth-order valence-electron chi connectivity index (χ4n) is 1.99. The molecular formula is C16H25NO3. The number of nitrogens with zero attached hydrogens (tertiary/aromatic N) is 1. The van der Waals surface area contributed by atoms with Crippen molar-refractivity contribution in [2.75, 3.05) is 27.8 Å². The first-order chi connectivity index (χ1) is 9.53. The molecule has 4 heteroatoms. The van der Waals surface area contributed by atoms with Gasteiger partial charge in [0.15, 0.2) is 11.5 Å². The van der Waals surface area contributed by atoms with Gasteiger partial charge in [-0.3, -0.25) is 4.79 Å². The number of methoxy groups -OCH3 is 2. The van der Waals surface area contributed by atoms with E-state index < -0.39 is 0 Å². The fraction of sp³-hybridized carbons (Fsp3) is 0.562. The molecule has 0 spiro atoms. The van der Waals surface area contributed by atoms with Crippen LogP contribution in [0.15, 0.2) is 18.2 Å². The molecule has 1 atom stereocenters. The van der Waals surface area contributed by atoms with Crippen molar-refractivity contribution >= 4 is 5.91 Å². The highest BCUT2D eigenvalue weighted by molar-refractivity contribution is 5.78. The van der Waals surface area contributed by atoms with E-state index in [-0.39, 0.29) is 11.8 Å². The van der Waals surface area contributed by atoms with Crippen molar-refractivity contribution in [1.29, 1.82) is 0 Å². The fourth-order valence-corrected chi connectivity index (χ4v) is 1.99. The molecule has 0 unspecified atom stereocenters. The van der Waals surface area contributed by atoms with Gasteiger partial charge in [0.25, 0.3) is 0 Å². The van der Waals surface area contributed by atoms with E-state index in [1.165, 1.54) is 0 Å². The zero-order chi connectivity index (χ0) is 15.1. The monoisotopic (exact) mass is 279 g/mol. The predicted octanol–water partition coefficient (Wildman–Crippen LogP) is 2.75. The van der Waals surface area contributed by atoms with Crippen LogP contribution in [-0.4, -0.2) is 38.6 Å². The molecule has 0 radical (unpaired) electrons. The molecule has 0 N–H and O–H groups in total. The van der Waals surface area contributed by atoms with Gasteiger partial charge in [0.2, 0.25) is 5.91 Å². The number of ether oxygens (including phenoxy) is 2. The zero-order valence-electron chi connectivity index (χ0n) is 13.1. The van der Waals surface area contributed by atoms with Gasteiger partial charge in [0, 0.05) is 19.5 Å². The minimum absolute atomic E-state index is 0.0883. The smallest absolute Gasteiger partial charge is 0.225 e. The largest absolute Gasteiger partial charge is 0.493 e. The van der Waals surface area contributed by atoms with Crippen molar-refractivity contribution in [3.05, 3.63) is 23.8 Å². The molecule has 0 aliphatic heterocycles. The highest BCUT2D eigenvalue weighted by Gasteiger charge is 2.15. The van der Waals surface area contributed by atoms with Crippen molar-refractivity contribution in [3.63, 3.8) is 0 Å². The molecule has 0 aliphatic carbocycles. The number of rotatable bonds is 7. The molecule has 0 aliphatic rings. The van der Waals surface area contributed by atoms with E-state index in [0.717, 1.165) is 29.9 Å². The Morgan fingerprint density at radius 3 is 2.45 bits per heavy atom. The standard InChI is InChI=1S/C16H25NO3/c1-6-12(2)16(18)17(3)10-9-13-7-8-14(19-4)15(11-13)20-5/h7-8,11-12H,6,9-10H2,1-5H3/t12-/m0/s1. The van der Waals surface area contributed by atoms with E-state index in [2.05, 4.69) is 0 Å². The summed E-state index contributed by atoms with van der Waals surface area (Å²) in [6, 6.07) is 5.86. The Morgan fingerprint density at radius 1 is 1.25 bits per heavy atom. The van der Waals surface area contributed by atoms with E-state index in [4.69, 9.17) is 9.47 Å². The second-order valence-electron chi connectivity index (χ2n) is 5.01. The Kier molecular flexibility index (Phi) is 6.36. The van der Waals surface area contributed by atoms with Gasteiger partial charge in [-0.15, -0.1) is 0 Å². The van der Waals surface area contributed by atoms with Crippen molar-refractivity contribution in [2.24, 2.45) is 5.92 Å². The van der Waals surface area contributed by atoms with Gasteiger partial charge in [0.1, 0.15) is 0 Å². The SMILES string of the molecule is CC[C@H](C)C(=O)N(C)CCc1ccc(OC)c(OC)c1. The van der Waals surface area contributed by atoms with Crippen LogP contribution in [0.4, 0.5) is 0 Å². The number of amides is 1. The van der Waals surface area contributed by atoms with Gasteiger partial charge < -0.3 is 14.4 Å². The number of benzene rings is 1. The molecule has 0 saturated carbocycles. The van der Waals surface area contributed by atoms with Crippen LogP contribution in [0.25, 0.3) is 0 Å². The maximum atomic E-state index is 12.0. The highest BCUT2D eigenvalue weighted by atomic mass is 16.5. The Bertz CT molecular complexity index is 445. The summed E-state index contributed by atoms with van der Waals surface area (Å²) in [5.74, 6) is 1.74. The molecular weight excluding hydrogens is 254 g/mol. The normalized spacial score (nSPS) is 11.8. The average Bonchev–Trinajstić information content (AvgIpc) is 2.50.